The van der Waals surface area contributed by atoms with Gasteiger partial charge in [0.05, 0.1) is 13.2 Å². The molecular formula is C12H18O4. The zero-order valence-electron chi connectivity index (χ0n) is 9.80. The molecule has 0 aromatic heterocycles. The van der Waals surface area contributed by atoms with E-state index in [1.807, 2.05) is 6.92 Å². The van der Waals surface area contributed by atoms with Crippen molar-refractivity contribution in [2.75, 3.05) is 13.7 Å². The summed E-state index contributed by atoms with van der Waals surface area (Å²) in [4.78, 5) is 0. The minimum atomic E-state index is -0.616. The van der Waals surface area contributed by atoms with Gasteiger partial charge in [-0.15, -0.1) is 0 Å². The summed E-state index contributed by atoms with van der Waals surface area (Å²) < 4.78 is 10.4. The number of phenols is 1. The molecule has 2 N–H and O–H groups in total. The van der Waals surface area contributed by atoms with Gasteiger partial charge in [-0.05, 0) is 31.5 Å². The lowest BCUT2D eigenvalue weighted by molar-refractivity contribution is -0.0260. The molecule has 0 saturated carbocycles. The number of aliphatic hydroxyl groups is 1. The molecule has 0 aliphatic carbocycles. The highest BCUT2D eigenvalue weighted by Gasteiger charge is 2.18. The molecule has 4 heteroatoms. The standard InChI is InChI=1S/C12H18O4/c1-4-16-12(8(2)13)9-5-6-10(14)11(7-9)15-3/h5-8,12-14H,4H2,1-3H3/t8-,12+/m0/s1. The first kappa shape index (κ1) is 12.8. The summed E-state index contributed by atoms with van der Waals surface area (Å²) in [5.74, 6) is 0.454. The molecule has 0 amide bonds. The van der Waals surface area contributed by atoms with Crippen LogP contribution < -0.4 is 4.74 Å². The monoisotopic (exact) mass is 226 g/mol. The van der Waals surface area contributed by atoms with Crippen molar-refractivity contribution in [1.29, 1.82) is 0 Å². The number of methoxy groups -OCH3 is 1. The Morgan fingerprint density at radius 1 is 1.38 bits per heavy atom. The summed E-state index contributed by atoms with van der Waals surface area (Å²) in [7, 11) is 1.48. The number of ether oxygens (including phenoxy) is 2. The fourth-order valence-corrected chi connectivity index (χ4v) is 1.56. The molecule has 1 aromatic rings. The van der Waals surface area contributed by atoms with Gasteiger partial charge < -0.3 is 19.7 Å². The molecule has 0 saturated heterocycles. The number of benzene rings is 1. The van der Waals surface area contributed by atoms with Crippen LogP contribution in [-0.2, 0) is 4.74 Å². The maximum Gasteiger partial charge on any atom is 0.160 e. The molecule has 1 aromatic carbocycles. The van der Waals surface area contributed by atoms with Crippen LogP contribution in [0.2, 0.25) is 0 Å². The third-order valence-corrected chi connectivity index (χ3v) is 2.32. The molecule has 0 heterocycles. The lowest BCUT2D eigenvalue weighted by atomic mass is 10.0. The maximum atomic E-state index is 9.60. The van der Waals surface area contributed by atoms with E-state index in [2.05, 4.69) is 0 Å². The lowest BCUT2D eigenvalue weighted by Crippen LogP contribution is -2.18. The Hall–Kier alpha value is -1.26. The van der Waals surface area contributed by atoms with E-state index < -0.39 is 12.2 Å². The normalized spacial score (nSPS) is 14.5. The quantitative estimate of drug-likeness (QED) is 0.804. The molecule has 2 atom stereocenters. The second-order valence-electron chi connectivity index (χ2n) is 3.55. The second-order valence-corrected chi connectivity index (χ2v) is 3.55. The fraction of sp³-hybridized carbons (Fsp3) is 0.500. The molecule has 0 aliphatic heterocycles. The van der Waals surface area contributed by atoms with Crippen molar-refractivity contribution in [3.8, 4) is 11.5 Å². The van der Waals surface area contributed by atoms with Crippen LogP contribution >= 0.6 is 0 Å². The Bertz CT molecular complexity index is 336. The first-order valence-electron chi connectivity index (χ1n) is 5.26. The third-order valence-electron chi connectivity index (χ3n) is 2.32. The van der Waals surface area contributed by atoms with Crippen molar-refractivity contribution in [3.63, 3.8) is 0 Å². The number of aromatic hydroxyl groups is 1. The predicted octanol–water partition coefficient (Wildman–Crippen LogP) is 1.86. The average molecular weight is 226 g/mol. The molecule has 0 radical (unpaired) electrons. The summed E-state index contributed by atoms with van der Waals surface area (Å²) in [6.07, 6.45) is -1.02. The number of phenolic OH excluding ortho intramolecular Hbond substituents is 1. The maximum absolute atomic E-state index is 9.60. The van der Waals surface area contributed by atoms with E-state index in [4.69, 9.17) is 9.47 Å². The first-order valence-corrected chi connectivity index (χ1v) is 5.26. The van der Waals surface area contributed by atoms with E-state index in [1.54, 1.807) is 19.1 Å². The van der Waals surface area contributed by atoms with Gasteiger partial charge in [0.15, 0.2) is 11.5 Å². The Morgan fingerprint density at radius 3 is 2.56 bits per heavy atom. The van der Waals surface area contributed by atoms with E-state index in [9.17, 15) is 10.2 Å². The molecule has 0 aliphatic rings. The van der Waals surface area contributed by atoms with Crippen LogP contribution in [0.4, 0.5) is 0 Å². The number of hydrogen-bond acceptors (Lipinski definition) is 4. The minimum absolute atomic E-state index is 0.0760. The van der Waals surface area contributed by atoms with E-state index >= 15 is 0 Å². The third kappa shape index (κ3) is 2.87. The zero-order chi connectivity index (χ0) is 12.1. The number of aliphatic hydroxyl groups excluding tert-OH is 1. The predicted molar refractivity (Wildman–Crippen MR) is 60.7 cm³/mol. The zero-order valence-corrected chi connectivity index (χ0v) is 9.80. The minimum Gasteiger partial charge on any atom is -0.504 e. The van der Waals surface area contributed by atoms with Crippen molar-refractivity contribution in [1.82, 2.24) is 0 Å². The molecule has 4 nitrogen and oxygen atoms in total. The van der Waals surface area contributed by atoms with Gasteiger partial charge >= 0.3 is 0 Å². The average Bonchev–Trinajstić information content (AvgIpc) is 2.26. The van der Waals surface area contributed by atoms with Crippen LogP contribution in [0.5, 0.6) is 11.5 Å². The van der Waals surface area contributed by atoms with Gasteiger partial charge in [-0.2, -0.15) is 0 Å². The topological polar surface area (TPSA) is 58.9 Å². The van der Waals surface area contributed by atoms with Gasteiger partial charge in [0, 0.05) is 6.61 Å². The highest BCUT2D eigenvalue weighted by Crippen LogP contribution is 2.31. The Labute approximate surface area is 95.4 Å². The molecule has 0 unspecified atom stereocenters. The number of rotatable bonds is 5. The van der Waals surface area contributed by atoms with E-state index in [0.717, 1.165) is 5.56 Å². The van der Waals surface area contributed by atoms with Crippen LogP contribution in [0, 0.1) is 0 Å². The summed E-state index contributed by atoms with van der Waals surface area (Å²) in [5.41, 5.74) is 0.784. The van der Waals surface area contributed by atoms with E-state index in [0.29, 0.717) is 12.4 Å². The second kappa shape index (κ2) is 5.72. The Kier molecular flexibility index (Phi) is 4.58. The summed E-state index contributed by atoms with van der Waals surface area (Å²) in [6.45, 7) is 4.05. The van der Waals surface area contributed by atoms with Crippen LogP contribution in [-0.4, -0.2) is 30.0 Å². The largest absolute Gasteiger partial charge is 0.504 e. The Balaban J connectivity index is 3.00. The van der Waals surface area contributed by atoms with Gasteiger partial charge in [0.2, 0.25) is 0 Å². The van der Waals surface area contributed by atoms with Gasteiger partial charge in [-0.3, -0.25) is 0 Å². The van der Waals surface area contributed by atoms with Gasteiger partial charge in [-0.1, -0.05) is 6.07 Å². The molecule has 16 heavy (non-hydrogen) atoms. The Morgan fingerprint density at radius 2 is 2.06 bits per heavy atom. The highest BCUT2D eigenvalue weighted by molar-refractivity contribution is 5.42. The van der Waals surface area contributed by atoms with Gasteiger partial charge in [0.1, 0.15) is 6.10 Å². The highest BCUT2D eigenvalue weighted by atomic mass is 16.5. The molecular weight excluding hydrogens is 208 g/mol. The molecule has 0 bridgehead atoms. The SMILES string of the molecule is CCO[C@@H](c1ccc(O)c(OC)c1)[C@H](C)O. The molecule has 0 spiro atoms. The lowest BCUT2D eigenvalue weighted by Gasteiger charge is -2.21. The van der Waals surface area contributed by atoms with E-state index in [1.165, 1.54) is 13.2 Å². The van der Waals surface area contributed by atoms with Crippen LogP contribution in [0.15, 0.2) is 18.2 Å². The van der Waals surface area contributed by atoms with Crippen molar-refractivity contribution >= 4 is 0 Å². The molecule has 1 rings (SSSR count). The smallest absolute Gasteiger partial charge is 0.160 e. The fourth-order valence-electron chi connectivity index (χ4n) is 1.56. The van der Waals surface area contributed by atoms with Crippen molar-refractivity contribution in [3.05, 3.63) is 23.8 Å². The van der Waals surface area contributed by atoms with Gasteiger partial charge in [-0.25, -0.2) is 0 Å². The summed E-state index contributed by atoms with van der Waals surface area (Å²) >= 11 is 0. The van der Waals surface area contributed by atoms with Crippen LogP contribution in [0.25, 0.3) is 0 Å². The van der Waals surface area contributed by atoms with Crippen LogP contribution in [0.3, 0.4) is 0 Å². The summed E-state index contributed by atoms with van der Waals surface area (Å²) in [6, 6.07) is 4.91. The van der Waals surface area contributed by atoms with Crippen molar-refractivity contribution in [2.24, 2.45) is 0 Å². The van der Waals surface area contributed by atoms with E-state index in [-0.39, 0.29) is 5.75 Å². The number of hydrogen-bond donors (Lipinski definition) is 2. The molecule has 0 fully saturated rings. The van der Waals surface area contributed by atoms with Crippen molar-refractivity contribution in [2.45, 2.75) is 26.1 Å². The van der Waals surface area contributed by atoms with Crippen molar-refractivity contribution < 1.29 is 19.7 Å². The van der Waals surface area contributed by atoms with Gasteiger partial charge in [0.25, 0.3) is 0 Å². The van der Waals surface area contributed by atoms with Crippen LogP contribution in [0.1, 0.15) is 25.5 Å². The molecule has 90 valence electrons. The first-order chi connectivity index (χ1) is 7.60. The summed E-state index contributed by atoms with van der Waals surface area (Å²) in [5, 5.41) is 19.1.